The van der Waals surface area contributed by atoms with E-state index in [2.05, 4.69) is 10.3 Å². The van der Waals surface area contributed by atoms with E-state index in [1.165, 1.54) is 13.0 Å². The highest BCUT2D eigenvalue weighted by Gasteiger charge is 2.38. The van der Waals surface area contributed by atoms with Gasteiger partial charge in [-0.15, -0.1) is 0 Å². The molecular formula is C23H18F4N2O3. The van der Waals surface area contributed by atoms with E-state index >= 15 is 0 Å². The Morgan fingerprint density at radius 2 is 1.88 bits per heavy atom. The Morgan fingerprint density at radius 3 is 2.53 bits per heavy atom. The summed E-state index contributed by atoms with van der Waals surface area (Å²) in [6.07, 6.45) is -3.95. The molecule has 1 aromatic heterocycles. The van der Waals surface area contributed by atoms with Crippen molar-refractivity contribution in [2.45, 2.75) is 32.4 Å². The second-order valence-corrected chi connectivity index (χ2v) is 7.84. The molecule has 166 valence electrons. The van der Waals surface area contributed by atoms with Crippen LogP contribution in [-0.4, -0.2) is 22.5 Å². The molecule has 0 saturated heterocycles. The van der Waals surface area contributed by atoms with Crippen LogP contribution >= 0.6 is 0 Å². The minimum atomic E-state index is -4.91. The van der Waals surface area contributed by atoms with Gasteiger partial charge in [0.05, 0.1) is 16.7 Å². The number of carbonyl (C=O) groups is 3. The van der Waals surface area contributed by atoms with E-state index in [1.807, 2.05) is 0 Å². The number of hydrogen-bond acceptors (Lipinski definition) is 3. The summed E-state index contributed by atoms with van der Waals surface area (Å²) in [7, 11) is 0. The molecule has 9 heteroatoms. The molecule has 0 spiro atoms. The summed E-state index contributed by atoms with van der Waals surface area (Å²) in [6.45, 7) is 1.50. The van der Waals surface area contributed by atoms with Crippen LogP contribution in [0.3, 0.4) is 0 Å². The number of anilines is 1. The third-order valence-electron chi connectivity index (χ3n) is 5.64. The molecule has 4 rings (SSSR count). The van der Waals surface area contributed by atoms with E-state index in [4.69, 9.17) is 0 Å². The number of ketones is 2. The van der Waals surface area contributed by atoms with Gasteiger partial charge in [0, 0.05) is 41.0 Å². The van der Waals surface area contributed by atoms with Crippen LogP contribution in [0.15, 0.2) is 36.4 Å². The maximum absolute atomic E-state index is 14.4. The molecule has 0 radical (unpaired) electrons. The van der Waals surface area contributed by atoms with Gasteiger partial charge in [-0.25, -0.2) is 4.39 Å². The third kappa shape index (κ3) is 3.90. The molecule has 1 aliphatic carbocycles. The summed E-state index contributed by atoms with van der Waals surface area (Å²) < 4.78 is 54.7. The van der Waals surface area contributed by atoms with Crippen LogP contribution in [0.5, 0.6) is 0 Å². The van der Waals surface area contributed by atoms with E-state index in [-0.39, 0.29) is 34.8 Å². The summed E-state index contributed by atoms with van der Waals surface area (Å²) >= 11 is 0. The molecule has 2 N–H and O–H groups in total. The van der Waals surface area contributed by atoms with Gasteiger partial charge in [0.1, 0.15) is 11.6 Å². The van der Waals surface area contributed by atoms with Crippen molar-refractivity contribution in [3.8, 4) is 0 Å². The van der Waals surface area contributed by atoms with Crippen molar-refractivity contribution in [1.82, 2.24) is 4.98 Å². The molecule has 0 bridgehead atoms. The molecule has 1 heterocycles. The molecule has 1 atom stereocenters. The number of aromatic amines is 1. The monoisotopic (exact) mass is 446 g/mol. The van der Waals surface area contributed by atoms with Gasteiger partial charge in [-0.1, -0.05) is 6.07 Å². The van der Waals surface area contributed by atoms with E-state index in [0.717, 1.165) is 12.1 Å². The maximum atomic E-state index is 14.4. The minimum Gasteiger partial charge on any atom is -0.358 e. The number of aryl methyl sites for hydroxylation is 1. The highest BCUT2D eigenvalue weighted by Crippen LogP contribution is 2.36. The molecule has 0 aliphatic heterocycles. The Hall–Kier alpha value is -3.49. The fourth-order valence-electron chi connectivity index (χ4n) is 4.10. The fraction of sp³-hybridized carbons (Fsp3) is 0.261. The molecule has 1 unspecified atom stereocenters. The lowest BCUT2D eigenvalue weighted by atomic mass is 9.95. The number of halogens is 4. The second-order valence-electron chi connectivity index (χ2n) is 7.84. The predicted octanol–water partition coefficient (Wildman–Crippen LogP) is 5.17. The van der Waals surface area contributed by atoms with Crippen molar-refractivity contribution in [2.24, 2.45) is 5.92 Å². The number of benzene rings is 2. The first kappa shape index (κ1) is 21.7. The summed E-state index contributed by atoms with van der Waals surface area (Å²) in [5, 5.41) is 2.94. The largest absolute Gasteiger partial charge is 0.417 e. The van der Waals surface area contributed by atoms with Crippen LogP contribution in [0, 0.1) is 18.7 Å². The zero-order chi connectivity index (χ0) is 23.2. The molecule has 1 amide bonds. The van der Waals surface area contributed by atoms with Gasteiger partial charge in [-0.05, 0) is 43.7 Å². The van der Waals surface area contributed by atoms with Crippen LogP contribution in [0.25, 0.3) is 10.9 Å². The molecule has 32 heavy (non-hydrogen) atoms. The number of H-pyrrole nitrogens is 1. The summed E-state index contributed by atoms with van der Waals surface area (Å²) in [6, 6.07) is 6.97. The average molecular weight is 446 g/mol. The normalized spacial score (nSPS) is 16.5. The van der Waals surface area contributed by atoms with Crippen molar-refractivity contribution in [3.63, 3.8) is 0 Å². The predicted molar refractivity (Wildman–Crippen MR) is 109 cm³/mol. The Balaban J connectivity index is 1.75. The van der Waals surface area contributed by atoms with E-state index in [1.54, 1.807) is 12.1 Å². The van der Waals surface area contributed by atoms with Gasteiger partial charge in [-0.3, -0.25) is 14.4 Å². The standard InChI is InChI=1S/C23H18F4N2O3/c1-11-19(21(31)20-16(23(25,26)27)3-2-4-17(20)24)15-10-13(6-8-18(15)28-11)29-22(32)12-5-7-14(30)9-12/h2-4,6,8,10,12,28H,5,7,9H2,1H3,(H,29,32). The van der Waals surface area contributed by atoms with Crippen molar-refractivity contribution in [2.75, 3.05) is 5.32 Å². The number of nitrogens with one attached hydrogen (secondary N) is 2. The average Bonchev–Trinajstić information content (AvgIpc) is 3.29. The Morgan fingerprint density at radius 1 is 1.12 bits per heavy atom. The molecule has 5 nitrogen and oxygen atoms in total. The van der Waals surface area contributed by atoms with Crippen LogP contribution in [0.2, 0.25) is 0 Å². The van der Waals surface area contributed by atoms with Crippen molar-refractivity contribution in [1.29, 1.82) is 0 Å². The number of Topliss-reactive ketones (excluding diaryl/α,β-unsaturated/α-hetero) is 1. The smallest absolute Gasteiger partial charge is 0.358 e. The van der Waals surface area contributed by atoms with Gasteiger partial charge >= 0.3 is 6.18 Å². The van der Waals surface area contributed by atoms with E-state index in [9.17, 15) is 31.9 Å². The molecule has 2 aromatic carbocycles. The van der Waals surface area contributed by atoms with Gasteiger partial charge < -0.3 is 10.3 Å². The topological polar surface area (TPSA) is 79.0 Å². The van der Waals surface area contributed by atoms with Gasteiger partial charge in [-0.2, -0.15) is 13.2 Å². The van der Waals surface area contributed by atoms with Crippen LogP contribution in [0.4, 0.5) is 23.2 Å². The summed E-state index contributed by atoms with van der Waals surface area (Å²) in [5.74, 6) is -3.15. The van der Waals surface area contributed by atoms with E-state index in [0.29, 0.717) is 30.1 Å². The lowest BCUT2D eigenvalue weighted by molar-refractivity contribution is -0.138. The highest BCUT2D eigenvalue weighted by atomic mass is 19.4. The van der Waals surface area contributed by atoms with Crippen molar-refractivity contribution < 1.29 is 31.9 Å². The highest BCUT2D eigenvalue weighted by molar-refractivity contribution is 6.18. The van der Waals surface area contributed by atoms with E-state index < -0.39 is 34.8 Å². The quantitative estimate of drug-likeness (QED) is 0.429. The number of carbonyl (C=O) groups excluding carboxylic acids is 3. The SMILES string of the molecule is Cc1[nH]c2ccc(NC(=O)C3CCC(=O)C3)cc2c1C(=O)c1c(F)cccc1C(F)(F)F. The van der Waals surface area contributed by atoms with Gasteiger partial charge in [0.2, 0.25) is 5.91 Å². The minimum absolute atomic E-state index is 0.0140. The lowest BCUT2D eigenvalue weighted by Gasteiger charge is -2.13. The number of alkyl halides is 3. The number of amides is 1. The van der Waals surface area contributed by atoms with Gasteiger partial charge in [0.25, 0.3) is 0 Å². The zero-order valence-corrected chi connectivity index (χ0v) is 16.9. The molecule has 1 fully saturated rings. The van der Waals surface area contributed by atoms with Crippen LogP contribution in [-0.2, 0) is 15.8 Å². The zero-order valence-electron chi connectivity index (χ0n) is 16.9. The lowest BCUT2D eigenvalue weighted by Crippen LogP contribution is -2.20. The van der Waals surface area contributed by atoms with Crippen LogP contribution in [0.1, 0.15) is 46.4 Å². The third-order valence-corrected chi connectivity index (χ3v) is 5.64. The Kier molecular flexibility index (Phi) is 5.36. The fourth-order valence-corrected chi connectivity index (χ4v) is 4.10. The van der Waals surface area contributed by atoms with Crippen LogP contribution < -0.4 is 5.32 Å². The Labute approximate surface area is 179 Å². The summed E-state index contributed by atoms with van der Waals surface area (Å²) in [5.41, 5.74) is -1.48. The van der Waals surface area contributed by atoms with Crippen molar-refractivity contribution >= 4 is 34.1 Å². The number of aromatic nitrogens is 1. The molecule has 3 aromatic rings. The molecule has 1 aliphatic rings. The van der Waals surface area contributed by atoms with Crippen molar-refractivity contribution in [3.05, 3.63) is 64.6 Å². The Bertz CT molecular complexity index is 1260. The summed E-state index contributed by atoms with van der Waals surface area (Å²) in [4.78, 5) is 39.9. The maximum Gasteiger partial charge on any atom is 0.417 e. The molecular weight excluding hydrogens is 428 g/mol. The van der Waals surface area contributed by atoms with Gasteiger partial charge in [0.15, 0.2) is 5.78 Å². The molecule has 1 saturated carbocycles. The second kappa shape index (κ2) is 7.89. The first-order valence-corrected chi connectivity index (χ1v) is 9.91. The first-order valence-electron chi connectivity index (χ1n) is 9.91. The number of fused-ring (bicyclic) bond motifs is 1. The number of rotatable bonds is 4. The first-order chi connectivity index (χ1) is 15.1. The number of hydrogen-bond donors (Lipinski definition) is 2.